The summed E-state index contributed by atoms with van der Waals surface area (Å²) >= 11 is 6.05. The molecule has 0 atom stereocenters. The second-order valence-electron chi connectivity index (χ2n) is 12.2. The Morgan fingerprint density at radius 1 is 0.929 bits per heavy atom. The lowest BCUT2D eigenvalue weighted by molar-refractivity contribution is 0.0118. The molecule has 3 aliphatic heterocycles. The van der Waals surface area contributed by atoms with Gasteiger partial charge in [-0.15, -0.1) is 0 Å². The minimum absolute atomic E-state index is 0.120. The lowest BCUT2D eigenvalue weighted by Crippen LogP contribution is -2.51. The standard InChI is InChI=1S/C33H37ClN6O2/c34-27-10-8-26(9-11-27)33(42)15-21-38(22-16-33)28-3-1-18-40-30(28)36-29(37-40)23-24-4-6-25(7-5-24)31(41)39-19-13-32(14-20-39)12-2-17-35-32/h1,3-11,18,35,42H,2,12-17,19-23H2. The van der Waals surface area contributed by atoms with Gasteiger partial charge in [0.1, 0.15) is 0 Å². The summed E-state index contributed by atoms with van der Waals surface area (Å²) in [7, 11) is 0. The van der Waals surface area contributed by atoms with Gasteiger partial charge in [-0.3, -0.25) is 4.79 Å². The maximum atomic E-state index is 13.2. The Balaban J connectivity index is 1.01. The van der Waals surface area contributed by atoms with E-state index < -0.39 is 5.60 Å². The molecule has 7 rings (SSSR count). The van der Waals surface area contributed by atoms with E-state index in [1.807, 2.05) is 70.2 Å². The minimum Gasteiger partial charge on any atom is -0.385 e. The molecule has 0 aliphatic carbocycles. The molecule has 0 radical (unpaired) electrons. The smallest absolute Gasteiger partial charge is 0.253 e. The zero-order valence-corrected chi connectivity index (χ0v) is 24.6. The quantitative estimate of drug-likeness (QED) is 0.350. The molecule has 218 valence electrons. The Morgan fingerprint density at radius 3 is 2.36 bits per heavy atom. The second-order valence-corrected chi connectivity index (χ2v) is 12.6. The first-order valence-electron chi connectivity index (χ1n) is 15.1. The van der Waals surface area contributed by atoms with Crippen LogP contribution in [-0.2, 0) is 12.0 Å². The molecule has 0 unspecified atom stereocenters. The molecule has 42 heavy (non-hydrogen) atoms. The highest BCUT2D eigenvalue weighted by Crippen LogP contribution is 2.36. The van der Waals surface area contributed by atoms with Crippen molar-refractivity contribution in [2.24, 2.45) is 0 Å². The number of hydrogen-bond acceptors (Lipinski definition) is 6. The number of piperidine rings is 2. The van der Waals surface area contributed by atoms with Crippen molar-refractivity contribution in [3.63, 3.8) is 0 Å². The van der Waals surface area contributed by atoms with Gasteiger partial charge in [-0.25, -0.2) is 9.50 Å². The molecule has 3 saturated heterocycles. The Hall–Kier alpha value is -3.46. The summed E-state index contributed by atoms with van der Waals surface area (Å²) < 4.78 is 1.84. The van der Waals surface area contributed by atoms with Crippen LogP contribution in [0.4, 0.5) is 5.69 Å². The van der Waals surface area contributed by atoms with Crippen molar-refractivity contribution in [2.75, 3.05) is 37.6 Å². The topological polar surface area (TPSA) is 86.0 Å². The van der Waals surface area contributed by atoms with E-state index in [1.165, 1.54) is 12.8 Å². The summed E-state index contributed by atoms with van der Waals surface area (Å²) in [5.41, 5.74) is 3.96. The van der Waals surface area contributed by atoms with Gasteiger partial charge in [-0.05, 0) is 92.6 Å². The maximum absolute atomic E-state index is 13.2. The Labute approximate surface area is 251 Å². The third kappa shape index (κ3) is 5.27. The number of hydrogen-bond donors (Lipinski definition) is 2. The van der Waals surface area contributed by atoms with Crippen LogP contribution in [0.3, 0.4) is 0 Å². The number of carbonyl (C=O) groups is 1. The van der Waals surface area contributed by atoms with Gasteiger partial charge in [-0.2, -0.15) is 5.10 Å². The number of benzene rings is 2. The van der Waals surface area contributed by atoms with E-state index in [-0.39, 0.29) is 11.4 Å². The van der Waals surface area contributed by atoms with Crippen molar-refractivity contribution < 1.29 is 9.90 Å². The summed E-state index contributed by atoms with van der Waals surface area (Å²) in [5.74, 6) is 0.857. The number of nitrogens with one attached hydrogen (secondary N) is 1. The van der Waals surface area contributed by atoms with E-state index in [9.17, 15) is 9.90 Å². The zero-order valence-electron chi connectivity index (χ0n) is 23.8. The number of pyridine rings is 1. The number of halogens is 1. The van der Waals surface area contributed by atoms with Crippen molar-refractivity contribution >= 4 is 28.8 Å². The molecule has 2 aromatic heterocycles. The summed E-state index contributed by atoms with van der Waals surface area (Å²) in [6.07, 6.45) is 8.31. The van der Waals surface area contributed by atoms with Gasteiger partial charge < -0.3 is 20.2 Å². The summed E-state index contributed by atoms with van der Waals surface area (Å²) in [4.78, 5) is 22.4. The number of rotatable bonds is 5. The molecule has 9 heteroatoms. The molecule has 4 aromatic rings. The number of likely N-dealkylation sites (tertiary alicyclic amines) is 1. The number of nitrogens with zero attached hydrogens (tertiary/aromatic N) is 5. The molecule has 0 saturated carbocycles. The van der Waals surface area contributed by atoms with Gasteiger partial charge in [0.2, 0.25) is 0 Å². The first kappa shape index (κ1) is 27.4. The predicted octanol–water partition coefficient (Wildman–Crippen LogP) is 4.82. The average Bonchev–Trinajstić information content (AvgIpc) is 3.65. The third-order valence-electron chi connectivity index (χ3n) is 9.60. The van der Waals surface area contributed by atoms with Crippen LogP contribution in [0.5, 0.6) is 0 Å². The largest absolute Gasteiger partial charge is 0.385 e. The van der Waals surface area contributed by atoms with Crippen molar-refractivity contribution in [1.82, 2.24) is 24.8 Å². The first-order valence-corrected chi connectivity index (χ1v) is 15.5. The fourth-order valence-electron chi connectivity index (χ4n) is 6.99. The van der Waals surface area contributed by atoms with E-state index >= 15 is 0 Å². The Morgan fingerprint density at radius 2 is 1.67 bits per heavy atom. The molecule has 5 heterocycles. The number of aliphatic hydroxyl groups is 1. The van der Waals surface area contributed by atoms with Crippen LogP contribution < -0.4 is 10.2 Å². The van der Waals surface area contributed by atoms with Crippen molar-refractivity contribution in [2.45, 2.75) is 56.1 Å². The van der Waals surface area contributed by atoms with E-state index in [1.54, 1.807) is 0 Å². The van der Waals surface area contributed by atoms with Crippen molar-refractivity contribution in [3.05, 3.63) is 94.4 Å². The van der Waals surface area contributed by atoms with E-state index in [2.05, 4.69) is 16.3 Å². The van der Waals surface area contributed by atoms with Gasteiger partial charge in [-0.1, -0.05) is 35.9 Å². The first-order chi connectivity index (χ1) is 20.4. The van der Waals surface area contributed by atoms with Crippen LogP contribution in [0.1, 0.15) is 65.8 Å². The molecule has 1 amide bonds. The van der Waals surface area contributed by atoms with Crippen molar-refractivity contribution in [1.29, 1.82) is 0 Å². The summed E-state index contributed by atoms with van der Waals surface area (Å²) in [6, 6.07) is 19.5. The second kappa shape index (κ2) is 11.0. The summed E-state index contributed by atoms with van der Waals surface area (Å²) in [5, 5.41) is 20.4. The number of amides is 1. The lowest BCUT2D eigenvalue weighted by atomic mass is 9.84. The molecule has 1 spiro atoms. The van der Waals surface area contributed by atoms with Crippen molar-refractivity contribution in [3.8, 4) is 0 Å². The van der Waals surface area contributed by atoms with Crippen LogP contribution in [-0.4, -0.2) is 68.8 Å². The number of anilines is 1. The highest BCUT2D eigenvalue weighted by Gasteiger charge is 2.38. The predicted molar refractivity (Wildman–Crippen MR) is 164 cm³/mol. The molecule has 2 aromatic carbocycles. The van der Waals surface area contributed by atoms with E-state index in [0.717, 1.165) is 66.3 Å². The summed E-state index contributed by atoms with van der Waals surface area (Å²) in [6.45, 7) is 4.17. The fraction of sp³-hybridized carbons (Fsp3) is 0.424. The molecular weight excluding hydrogens is 548 g/mol. The van der Waals surface area contributed by atoms with E-state index in [4.69, 9.17) is 21.7 Å². The van der Waals surface area contributed by atoms with Gasteiger partial charge in [0.25, 0.3) is 5.91 Å². The zero-order chi connectivity index (χ0) is 28.7. The Bertz CT molecular complexity index is 1560. The molecule has 8 nitrogen and oxygen atoms in total. The molecular formula is C33H37ClN6O2. The Kier molecular flexibility index (Phi) is 7.16. The normalized spacial score (nSPS) is 20.0. The van der Waals surface area contributed by atoms with Gasteiger partial charge in [0.05, 0.1) is 11.3 Å². The van der Waals surface area contributed by atoms with E-state index in [0.29, 0.717) is 37.4 Å². The van der Waals surface area contributed by atoms with Gasteiger partial charge in [0.15, 0.2) is 11.5 Å². The number of carbonyl (C=O) groups excluding carboxylic acids is 1. The van der Waals surface area contributed by atoms with Gasteiger partial charge >= 0.3 is 0 Å². The molecule has 3 aliphatic rings. The number of aromatic nitrogens is 3. The highest BCUT2D eigenvalue weighted by atomic mass is 35.5. The lowest BCUT2D eigenvalue weighted by Gasteiger charge is -2.39. The number of fused-ring (bicyclic) bond motifs is 1. The monoisotopic (exact) mass is 584 g/mol. The minimum atomic E-state index is -0.859. The van der Waals surface area contributed by atoms with Crippen LogP contribution in [0.25, 0.3) is 5.65 Å². The SMILES string of the molecule is O=C(c1ccc(Cc2nc3c(N4CCC(O)(c5ccc(Cl)cc5)CC4)cccn3n2)cc1)N1CCC2(CCCN2)CC1. The third-order valence-corrected chi connectivity index (χ3v) is 9.85. The van der Waals surface area contributed by atoms with Crippen LogP contribution >= 0.6 is 11.6 Å². The van der Waals surface area contributed by atoms with Crippen LogP contribution in [0, 0.1) is 0 Å². The maximum Gasteiger partial charge on any atom is 0.253 e. The van der Waals surface area contributed by atoms with Gasteiger partial charge in [0, 0.05) is 54.9 Å². The fourth-order valence-corrected chi connectivity index (χ4v) is 7.11. The molecule has 3 fully saturated rings. The average molecular weight is 585 g/mol. The van der Waals surface area contributed by atoms with Crippen LogP contribution in [0.15, 0.2) is 66.9 Å². The molecule has 2 N–H and O–H groups in total. The molecule has 0 bridgehead atoms. The highest BCUT2D eigenvalue weighted by molar-refractivity contribution is 6.30. The van der Waals surface area contributed by atoms with Crippen LogP contribution in [0.2, 0.25) is 5.02 Å².